The van der Waals surface area contributed by atoms with Crippen LogP contribution in [-0.2, 0) is 0 Å². The minimum atomic E-state index is -0.827. The smallest absolute Gasteiger partial charge is 0.252 e. The SMILES string of the molecule is O=Cc1c[nH]c2ccc(C(=O)NCC3(O)CCCCC3)c(Cl)c12. The summed E-state index contributed by atoms with van der Waals surface area (Å²) in [5.41, 5.74) is 0.610. The molecule has 1 aromatic carbocycles. The van der Waals surface area contributed by atoms with Crippen molar-refractivity contribution in [3.8, 4) is 0 Å². The number of rotatable bonds is 4. The summed E-state index contributed by atoms with van der Waals surface area (Å²) in [7, 11) is 0. The number of carbonyl (C=O) groups is 2. The third kappa shape index (κ3) is 3.12. The van der Waals surface area contributed by atoms with Gasteiger partial charge in [-0.3, -0.25) is 9.59 Å². The van der Waals surface area contributed by atoms with E-state index in [2.05, 4.69) is 10.3 Å². The van der Waals surface area contributed by atoms with Crippen LogP contribution in [0.15, 0.2) is 18.3 Å². The Kier molecular flexibility index (Phi) is 4.41. The predicted octanol–water partition coefficient (Wildman–Crippen LogP) is 3.06. The van der Waals surface area contributed by atoms with Gasteiger partial charge < -0.3 is 15.4 Å². The second-order valence-corrected chi connectivity index (χ2v) is 6.56. The average Bonchev–Trinajstić information content (AvgIpc) is 2.98. The quantitative estimate of drug-likeness (QED) is 0.751. The predicted molar refractivity (Wildman–Crippen MR) is 89.1 cm³/mol. The van der Waals surface area contributed by atoms with Crippen LogP contribution in [0.3, 0.4) is 0 Å². The zero-order chi connectivity index (χ0) is 16.4. The fourth-order valence-corrected chi connectivity index (χ4v) is 3.56. The topological polar surface area (TPSA) is 82.2 Å². The van der Waals surface area contributed by atoms with Crippen molar-refractivity contribution >= 4 is 34.7 Å². The van der Waals surface area contributed by atoms with Crippen LogP contribution in [0, 0.1) is 0 Å². The summed E-state index contributed by atoms with van der Waals surface area (Å²) in [6.45, 7) is 0.216. The first-order chi connectivity index (χ1) is 11.0. The zero-order valence-electron chi connectivity index (χ0n) is 12.7. The van der Waals surface area contributed by atoms with E-state index >= 15 is 0 Å². The Balaban J connectivity index is 1.80. The molecule has 5 nitrogen and oxygen atoms in total. The van der Waals surface area contributed by atoms with Crippen LogP contribution in [-0.4, -0.2) is 34.4 Å². The summed E-state index contributed by atoms with van der Waals surface area (Å²) >= 11 is 6.32. The van der Waals surface area contributed by atoms with E-state index in [1.54, 1.807) is 18.3 Å². The molecule has 2 aromatic rings. The van der Waals surface area contributed by atoms with Crippen LogP contribution >= 0.6 is 11.6 Å². The highest BCUT2D eigenvalue weighted by atomic mass is 35.5. The number of carbonyl (C=O) groups excluding carboxylic acids is 2. The highest BCUT2D eigenvalue weighted by Crippen LogP contribution is 2.30. The number of aliphatic hydroxyl groups is 1. The van der Waals surface area contributed by atoms with Crippen LogP contribution in [0.1, 0.15) is 52.8 Å². The van der Waals surface area contributed by atoms with E-state index in [1.165, 1.54) is 0 Å². The lowest BCUT2D eigenvalue weighted by Gasteiger charge is -2.32. The van der Waals surface area contributed by atoms with Crippen molar-refractivity contribution in [2.75, 3.05) is 6.54 Å². The standard InChI is InChI=1S/C17H19ClN2O3/c18-15-12(4-5-13-14(15)11(9-21)8-19-13)16(22)20-10-17(23)6-2-1-3-7-17/h4-5,8-9,19,23H,1-3,6-7,10H2,(H,20,22). The van der Waals surface area contributed by atoms with Crippen LogP contribution < -0.4 is 5.32 Å². The first-order valence-corrected chi connectivity index (χ1v) is 8.17. The lowest BCUT2D eigenvalue weighted by Crippen LogP contribution is -2.44. The Morgan fingerprint density at radius 1 is 1.35 bits per heavy atom. The Morgan fingerprint density at radius 2 is 2.09 bits per heavy atom. The summed E-state index contributed by atoms with van der Waals surface area (Å²) < 4.78 is 0. The van der Waals surface area contributed by atoms with Gasteiger partial charge in [0.25, 0.3) is 5.91 Å². The maximum absolute atomic E-state index is 12.4. The fraction of sp³-hybridized carbons (Fsp3) is 0.412. The minimum absolute atomic E-state index is 0.216. The van der Waals surface area contributed by atoms with Crippen LogP contribution in [0.5, 0.6) is 0 Å². The van der Waals surface area contributed by atoms with E-state index < -0.39 is 5.60 Å². The fourth-order valence-electron chi connectivity index (χ4n) is 3.20. The van der Waals surface area contributed by atoms with Crippen molar-refractivity contribution in [3.05, 3.63) is 34.5 Å². The molecule has 3 N–H and O–H groups in total. The van der Waals surface area contributed by atoms with Crippen molar-refractivity contribution in [3.63, 3.8) is 0 Å². The largest absolute Gasteiger partial charge is 0.388 e. The van der Waals surface area contributed by atoms with Gasteiger partial charge in [-0.15, -0.1) is 0 Å². The van der Waals surface area contributed by atoms with Gasteiger partial charge >= 0.3 is 0 Å². The molecule has 23 heavy (non-hydrogen) atoms. The second kappa shape index (κ2) is 6.34. The molecule has 6 heteroatoms. The third-order valence-corrected chi connectivity index (χ3v) is 4.94. The molecule has 1 amide bonds. The Labute approximate surface area is 139 Å². The maximum atomic E-state index is 12.4. The molecule has 1 saturated carbocycles. The molecule has 0 bridgehead atoms. The summed E-state index contributed by atoms with van der Waals surface area (Å²) in [5.74, 6) is -0.339. The zero-order valence-corrected chi connectivity index (χ0v) is 13.4. The van der Waals surface area contributed by atoms with E-state index in [1.807, 2.05) is 0 Å². The molecular weight excluding hydrogens is 316 g/mol. The number of H-pyrrole nitrogens is 1. The average molecular weight is 335 g/mol. The van der Waals surface area contributed by atoms with Gasteiger partial charge in [-0.2, -0.15) is 0 Å². The van der Waals surface area contributed by atoms with Gasteiger partial charge in [-0.05, 0) is 25.0 Å². The number of halogens is 1. The molecule has 1 aliphatic carbocycles. The van der Waals surface area contributed by atoms with E-state index in [-0.39, 0.29) is 17.5 Å². The van der Waals surface area contributed by atoms with Gasteiger partial charge in [0.1, 0.15) is 0 Å². The highest BCUT2D eigenvalue weighted by Gasteiger charge is 2.30. The molecule has 1 fully saturated rings. The van der Waals surface area contributed by atoms with Gasteiger partial charge in [0, 0.05) is 29.2 Å². The molecule has 3 rings (SSSR count). The highest BCUT2D eigenvalue weighted by molar-refractivity contribution is 6.39. The van der Waals surface area contributed by atoms with E-state index in [4.69, 9.17) is 11.6 Å². The van der Waals surface area contributed by atoms with E-state index in [0.717, 1.165) is 19.3 Å². The van der Waals surface area contributed by atoms with Crippen molar-refractivity contribution in [1.82, 2.24) is 10.3 Å². The summed E-state index contributed by atoms with van der Waals surface area (Å²) in [5, 5.41) is 14.0. The molecule has 0 aliphatic heterocycles. The van der Waals surface area contributed by atoms with Gasteiger partial charge in [0.05, 0.1) is 16.2 Å². The molecule has 1 aromatic heterocycles. The second-order valence-electron chi connectivity index (χ2n) is 6.18. The van der Waals surface area contributed by atoms with Crippen LogP contribution in [0.2, 0.25) is 5.02 Å². The number of amides is 1. The number of benzene rings is 1. The van der Waals surface area contributed by atoms with Crippen molar-refractivity contribution < 1.29 is 14.7 Å². The molecule has 0 radical (unpaired) electrons. The van der Waals surface area contributed by atoms with Gasteiger partial charge in [0.2, 0.25) is 0 Å². The first-order valence-electron chi connectivity index (χ1n) is 7.79. The lowest BCUT2D eigenvalue weighted by molar-refractivity contribution is 0.00526. The normalized spacial score (nSPS) is 17.1. The minimum Gasteiger partial charge on any atom is -0.388 e. The van der Waals surface area contributed by atoms with Crippen LogP contribution in [0.25, 0.3) is 10.9 Å². The summed E-state index contributed by atoms with van der Waals surface area (Å²) in [6.07, 6.45) is 6.75. The molecule has 0 unspecified atom stereocenters. The molecular formula is C17H19ClN2O3. The number of fused-ring (bicyclic) bond motifs is 1. The van der Waals surface area contributed by atoms with E-state index in [9.17, 15) is 14.7 Å². The van der Waals surface area contributed by atoms with E-state index in [0.29, 0.717) is 41.2 Å². The Hall–Kier alpha value is -1.85. The van der Waals surface area contributed by atoms with Crippen molar-refractivity contribution in [1.29, 1.82) is 0 Å². The third-order valence-electron chi connectivity index (χ3n) is 4.55. The monoisotopic (exact) mass is 334 g/mol. The van der Waals surface area contributed by atoms with Gasteiger partial charge in [-0.1, -0.05) is 30.9 Å². The Morgan fingerprint density at radius 3 is 2.78 bits per heavy atom. The lowest BCUT2D eigenvalue weighted by atomic mass is 9.85. The van der Waals surface area contributed by atoms with Crippen LogP contribution in [0.4, 0.5) is 0 Å². The molecule has 1 aliphatic rings. The van der Waals surface area contributed by atoms with Crippen molar-refractivity contribution in [2.24, 2.45) is 0 Å². The first kappa shape index (κ1) is 16.0. The number of aromatic amines is 1. The Bertz CT molecular complexity index is 748. The van der Waals surface area contributed by atoms with Gasteiger partial charge in [0.15, 0.2) is 6.29 Å². The molecule has 122 valence electrons. The molecule has 0 atom stereocenters. The number of hydrogen-bond acceptors (Lipinski definition) is 3. The number of nitrogens with one attached hydrogen (secondary N) is 2. The van der Waals surface area contributed by atoms with Gasteiger partial charge in [-0.25, -0.2) is 0 Å². The maximum Gasteiger partial charge on any atom is 0.252 e. The number of hydrogen-bond donors (Lipinski definition) is 3. The summed E-state index contributed by atoms with van der Waals surface area (Å²) in [6, 6.07) is 3.34. The number of aromatic nitrogens is 1. The molecule has 0 saturated heterocycles. The number of aldehydes is 1. The summed E-state index contributed by atoms with van der Waals surface area (Å²) in [4.78, 5) is 26.4. The van der Waals surface area contributed by atoms with Crippen molar-refractivity contribution in [2.45, 2.75) is 37.7 Å². The molecule has 1 heterocycles. The molecule has 0 spiro atoms.